The van der Waals surface area contributed by atoms with Gasteiger partial charge >= 0.3 is 0 Å². The fourth-order valence-corrected chi connectivity index (χ4v) is 3.33. The van der Waals surface area contributed by atoms with Gasteiger partial charge in [0.05, 0.1) is 0 Å². The Kier molecular flexibility index (Phi) is 2.96. The van der Waals surface area contributed by atoms with Gasteiger partial charge in [0.2, 0.25) is 5.91 Å². The number of nitrogens with one attached hydrogen (secondary N) is 1. The normalized spacial score (nSPS) is 20.2. The zero-order chi connectivity index (χ0) is 15.1. The summed E-state index contributed by atoms with van der Waals surface area (Å²) in [7, 11) is 0. The van der Waals surface area contributed by atoms with E-state index in [1.807, 2.05) is 48.5 Å². The first-order chi connectivity index (χ1) is 10.7. The third-order valence-electron chi connectivity index (χ3n) is 4.50. The molecule has 2 heterocycles. The van der Waals surface area contributed by atoms with Crippen LogP contribution in [-0.4, -0.2) is 29.3 Å². The molecule has 2 amide bonds. The number of hydrogen-bond acceptors (Lipinski definition) is 2. The molecule has 2 aliphatic rings. The molecule has 0 saturated carbocycles. The molecular weight excluding hydrogens is 276 g/mol. The molecule has 0 spiro atoms. The summed E-state index contributed by atoms with van der Waals surface area (Å²) < 4.78 is 0. The van der Waals surface area contributed by atoms with Crippen LogP contribution in [0.15, 0.2) is 48.5 Å². The lowest BCUT2D eigenvalue weighted by molar-refractivity contribution is -0.121. The van der Waals surface area contributed by atoms with Gasteiger partial charge in [-0.1, -0.05) is 36.4 Å². The SMILES string of the molecule is O=C1Nc2ccccc2CC1N1CCc2ccccc2C1=O. The van der Waals surface area contributed by atoms with Crippen molar-refractivity contribution in [2.24, 2.45) is 0 Å². The Morgan fingerprint density at radius 3 is 2.55 bits per heavy atom. The van der Waals surface area contributed by atoms with Crippen LogP contribution in [-0.2, 0) is 17.6 Å². The van der Waals surface area contributed by atoms with E-state index in [1.54, 1.807) is 4.90 Å². The number of hydrogen-bond donors (Lipinski definition) is 1. The number of fused-ring (bicyclic) bond motifs is 2. The standard InChI is InChI=1S/C18H16N2O2/c21-17-16(11-13-6-2-4-8-15(13)19-17)20-10-9-12-5-1-3-7-14(12)18(20)22/h1-8,16H,9-11H2,(H,19,21). The molecule has 4 rings (SSSR count). The summed E-state index contributed by atoms with van der Waals surface area (Å²) >= 11 is 0. The van der Waals surface area contributed by atoms with Crippen LogP contribution in [0, 0.1) is 0 Å². The van der Waals surface area contributed by atoms with Gasteiger partial charge in [-0.3, -0.25) is 9.59 Å². The maximum atomic E-state index is 12.7. The quantitative estimate of drug-likeness (QED) is 0.876. The second-order valence-corrected chi connectivity index (χ2v) is 5.77. The fraction of sp³-hybridized carbons (Fsp3) is 0.222. The number of rotatable bonds is 1. The van der Waals surface area contributed by atoms with Crippen LogP contribution in [0.2, 0.25) is 0 Å². The van der Waals surface area contributed by atoms with Gasteiger partial charge in [0.15, 0.2) is 0 Å². The number of anilines is 1. The van der Waals surface area contributed by atoms with E-state index in [1.165, 1.54) is 0 Å². The van der Waals surface area contributed by atoms with Crippen molar-refractivity contribution in [2.75, 3.05) is 11.9 Å². The van der Waals surface area contributed by atoms with Crippen molar-refractivity contribution in [1.82, 2.24) is 4.90 Å². The summed E-state index contributed by atoms with van der Waals surface area (Å²) in [6.45, 7) is 0.593. The zero-order valence-corrected chi connectivity index (χ0v) is 12.1. The van der Waals surface area contributed by atoms with Crippen molar-refractivity contribution in [1.29, 1.82) is 0 Å². The van der Waals surface area contributed by atoms with Crippen LogP contribution in [0.1, 0.15) is 21.5 Å². The molecule has 0 aliphatic carbocycles. The smallest absolute Gasteiger partial charge is 0.254 e. The first-order valence-corrected chi connectivity index (χ1v) is 7.52. The topological polar surface area (TPSA) is 49.4 Å². The summed E-state index contributed by atoms with van der Waals surface area (Å²) in [6, 6.07) is 15.0. The summed E-state index contributed by atoms with van der Waals surface area (Å²) in [6.07, 6.45) is 1.38. The van der Waals surface area contributed by atoms with Gasteiger partial charge in [0.25, 0.3) is 5.91 Å². The number of amides is 2. The van der Waals surface area contributed by atoms with Crippen LogP contribution in [0.3, 0.4) is 0 Å². The molecule has 110 valence electrons. The van der Waals surface area contributed by atoms with Gasteiger partial charge in [-0.05, 0) is 29.7 Å². The molecule has 22 heavy (non-hydrogen) atoms. The average Bonchev–Trinajstić information content (AvgIpc) is 2.55. The van der Waals surface area contributed by atoms with Crippen LogP contribution >= 0.6 is 0 Å². The minimum atomic E-state index is -0.421. The molecule has 4 heteroatoms. The Morgan fingerprint density at radius 1 is 0.955 bits per heavy atom. The molecule has 0 radical (unpaired) electrons. The minimum Gasteiger partial charge on any atom is -0.326 e. The first-order valence-electron chi connectivity index (χ1n) is 7.52. The predicted molar refractivity (Wildman–Crippen MR) is 83.7 cm³/mol. The Morgan fingerprint density at radius 2 is 1.68 bits per heavy atom. The molecule has 1 N–H and O–H groups in total. The van der Waals surface area contributed by atoms with Gasteiger partial charge in [-0.25, -0.2) is 0 Å². The summed E-state index contributed by atoms with van der Waals surface area (Å²) in [5.41, 5.74) is 3.73. The highest BCUT2D eigenvalue weighted by Gasteiger charge is 2.36. The second kappa shape index (κ2) is 4.98. The van der Waals surface area contributed by atoms with E-state index in [-0.39, 0.29) is 11.8 Å². The number of nitrogens with zero attached hydrogens (tertiary/aromatic N) is 1. The first kappa shape index (κ1) is 13.1. The molecule has 2 aromatic carbocycles. The molecule has 0 bridgehead atoms. The largest absolute Gasteiger partial charge is 0.326 e. The highest BCUT2D eigenvalue weighted by atomic mass is 16.2. The molecule has 2 aliphatic heterocycles. The molecule has 1 atom stereocenters. The maximum absolute atomic E-state index is 12.7. The molecule has 4 nitrogen and oxygen atoms in total. The van der Waals surface area contributed by atoms with E-state index in [4.69, 9.17) is 0 Å². The minimum absolute atomic E-state index is 0.0404. The van der Waals surface area contributed by atoms with Crippen molar-refractivity contribution >= 4 is 17.5 Å². The van der Waals surface area contributed by atoms with Gasteiger partial charge in [0, 0.05) is 24.2 Å². The van der Waals surface area contributed by atoms with Crippen molar-refractivity contribution in [2.45, 2.75) is 18.9 Å². The van der Waals surface area contributed by atoms with E-state index in [9.17, 15) is 9.59 Å². The van der Waals surface area contributed by atoms with Crippen LogP contribution in [0.25, 0.3) is 0 Å². The van der Waals surface area contributed by atoms with E-state index in [0.29, 0.717) is 13.0 Å². The molecular formula is C18H16N2O2. The number of carbonyl (C=O) groups excluding carboxylic acids is 2. The summed E-state index contributed by atoms with van der Waals surface area (Å²) in [5, 5.41) is 2.92. The van der Waals surface area contributed by atoms with Gasteiger partial charge in [-0.15, -0.1) is 0 Å². The highest BCUT2D eigenvalue weighted by Crippen LogP contribution is 2.27. The Labute approximate surface area is 128 Å². The Bertz CT molecular complexity index is 769. The zero-order valence-electron chi connectivity index (χ0n) is 12.1. The Balaban J connectivity index is 1.66. The monoisotopic (exact) mass is 292 g/mol. The predicted octanol–water partition coefficient (Wildman–Crippen LogP) is 2.25. The second-order valence-electron chi connectivity index (χ2n) is 5.77. The van der Waals surface area contributed by atoms with Gasteiger partial charge < -0.3 is 10.2 Å². The molecule has 2 aromatic rings. The summed E-state index contributed by atoms with van der Waals surface area (Å²) in [4.78, 5) is 26.8. The number of carbonyl (C=O) groups is 2. The molecule has 0 aromatic heterocycles. The van der Waals surface area contributed by atoms with E-state index < -0.39 is 6.04 Å². The maximum Gasteiger partial charge on any atom is 0.254 e. The van der Waals surface area contributed by atoms with E-state index in [0.717, 1.165) is 28.8 Å². The molecule has 0 fully saturated rings. The van der Waals surface area contributed by atoms with E-state index >= 15 is 0 Å². The van der Waals surface area contributed by atoms with E-state index in [2.05, 4.69) is 5.32 Å². The lowest BCUT2D eigenvalue weighted by Gasteiger charge is -2.37. The third-order valence-corrected chi connectivity index (χ3v) is 4.50. The van der Waals surface area contributed by atoms with Crippen molar-refractivity contribution in [3.8, 4) is 0 Å². The fourth-order valence-electron chi connectivity index (χ4n) is 3.33. The summed E-state index contributed by atoms with van der Waals surface area (Å²) in [5.74, 6) is -0.132. The number of benzene rings is 2. The lowest BCUT2D eigenvalue weighted by atomic mass is 9.93. The van der Waals surface area contributed by atoms with Gasteiger partial charge in [-0.2, -0.15) is 0 Å². The Hall–Kier alpha value is -2.62. The van der Waals surface area contributed by atoms with Crippen molar-refractivity contribution in [3.63, 3.8) is 0 Å². The van der Waals surface area contributed by atoms with Gasteiger partial charge in [0.1, 0.15) is 6.04 Å². The highest BCUT2D eigenvalue weighted by molar-refractivity contribution is 6.04. The molecule has 0 saturated heterocycles. The average molecular weight is 292 g/mol. The van der Waals surface area contributed by atoms with Crippen LogP contribution < -0.4 is 5.32 Å². The van der Waals surface area contributed by atoms with Crippen molar-refractivity contribution < 1.29 is 9.59 Å². The molecule has 1 unspecified atom stereocenters. The van der Waals surface area contributed by atoms with Crippen LogP contribution in [0.5, 0.6) is 0 Å². The third kappa shape index (κ3) is 1.99. The van der Waals surface area contributed by atoms with Crippen LogP contribution in [0.4, 0.5) is 5.69 Å². The number of para-hydroxylation sites is 1. The lowest BCUT2D eigenvalue weighted by Crippen LogP contribution is -2.52. The van der Waals surface area contributed by atoms with Crippen molar-refractivity contribution in [3.05, 3.63) is 65.2 Å².